The summed E-state index contributed by atoms with van der Waals surface area (Å²) in [6.45, 7) is 6.03. The van der Waals surface area contributed by atoms with Crippen molar-refractivity contribution < 1.29 is 9.47 Å². The van der Waals surface area contributed by atoms with E-state index in [-0.39, 0.29) is 6.10 Å². The summed E-state index contributed by atoms with van der Waals surface area (Å²) in [4.78, 5) is 4.13. The van der Waals surface area contributed by atoms with Crippen LogP contribution in [-0.2, 0) is 0 Å². The standard InChI is InChI=1S/C12H17NO2/c1-8(2)14-11-6-13-7-12(9(11)3)15-10-4-5-10/h6-8,10H,4-5H2,1-3H3. The molecule has 1 saturated carbocycles. The first kappa shape index (κ1) is 10.3. The van der Waals surface area contributed by atoms with Crippen LogP contribution in [0.5, 0.6) is 11.5 Å². The van der Waals surface area contributed by atoms with Crippen LogP contribution in [-0.4, -0.2) is 17.2 Å². The van der Waals surface area contributed by atoms with E-state index in [9.17, 15) is 0 Å². The van der Waals surface area contributed by atoms with Gasteiger partial charge in [-0.1, -0.05) is 0 Å². The first-order valence-electron chi connectivity index (χ1n) is 5.44. The van der Waals surface area contributed by atoms with E-state index >= 15 is 0 Å². The molecule has 1 fully saturated rings. The number of rotatable bonds is 4. The monoisotopic (exact) mass is 207 g/mol. The van der Waals surface area contributed by atoms with Crippen LogP contribution in [0.4, 0.5) is 0 Å². The summed E-state index contributed by atoms with van der Waals surface area (Å²) in [7, 11) is 0. The largest absolute Gasteiger partial charge is 0.489 e. The SMILES string of the molecule is Cc1c(OC(C)C)cncc1OC1CC1. The third-order valence-electron chi connectivity index (χ3n) is 2.30. The van der Waals surface area contributed by atoms with Gasteiger partial charge in [-0.25, -0.2) is 0 Å². The third-order valence-corrected chi connectivity index (χ3v) is 2.30. The smallest absolute Gasteiger partial charge is 0.144 e. The molecule has 0 atom stereocenters. The van der Waals surface area contributed by atoms with Crippen molar-refractivity contribution in [2.75, 3.05) is 0 Å². The molecule has 0 amide bonds. The molecule has 2 rings (SSSR count). The normalized spacial score (nSPS) is 15.5. The molecular formula is C12H17NO2. The van der Waals surface area contributed by atoms with Gasteiger partial charge in [0.2, 0.25) is 0 Å². The van der Waals surface area contributed by atoms with Crippen LogP contribution in [0.1, 0.15) is 32.3 Å². The van der Waals surface area contributed by atoms with Crippen LogP contribution in [0.3, 0.4) is 0 Å². The maximum Gasteiger partial charge on any atom is 0.144 e. The second-order valence-electron chi connectivity index (χ2n) is 4.24. The Morgan fingerprint density at radius 2 is 1.93 bits per heavy atom. The number of nitrogens with zero attached hydrogens (tertiary/aromatic N) is 1. The highest BCUT2D eigenvalue weighted by Gasteiger charge is 2.24. The second-order valence-corrected chi connectivity index (χ2v) is 4.24. The molecule has 0 saturated heterocycles. The molecule has 0 N–H and O–H groups in total. The van der Waals surface area contributed by atoms with Gasteiger partial charge in [-0.05, 0) is 33.6 Å². The predicted molar refractivity (Wildman–Crippen MR) is 58.4 cm³/mol. The Labute approximate surface area is 90.4 Å². The van der Waals surface area contributed by atoms with Gasteiger partial charge in [-0.15, -0.1) is 0 Å². The van der Waals surface area contributed by atoms with Crippen molar-refractivity contribution in [3.8, 4) is 11.5 Å². The molecule has 0 bridgehead atoms. The van der Waals surface area contributed by atoms with E-state index in [1.165, 1.54) is 0 Å². The first-order valence-corrected chi connectivity index (χ1v) is 5.44. The summed E-state index contributed by atoms with van der Waals surface area (Å²) >= 11 is 0. The lowest BCUT2D eigenvalue weighted by molar-refractivity contribution is 0.235. The molecule has 0 unspecified atom stereocenters. The van der Waals surface area contributed by atoms with E-state index < -0.39 is 0 Å². The zero-order valence-corrected chi connectivity index (χ0v) is 9.49. The van der Waals surface area contributed by atoms with Gasteiger partial charge >= 0.3 is 0 Å². The average molecular weight is 207 g/mol. The molecule has 1 heterocycles. The fourth-order valence-corrected chi connectivity index (χ4v) is 1.34. The molecule has 15 heavy (non-hydrogen) atoms. The topological polar surface area (TPSA) is 31.4 Å². The van der Waals surface area contributed by atoms with Crippen molar-refractivity contribution in [1.29, 1.82) is 0 Å². The van der Waals surface area contributed by atoms with Gasteiger partial charge in [-0.3, -0.25) is 4.98 Å². The van der Waals surface area contributed by atoms with Gasteiger partial charge in [-0.2, -0.15) is 0 Å². The summed E-state index contributed by atoms with van der Waals surface area (Å²) in [5, 5.41) is 0. The van der Waals surface area contributed by atoms with Crippen LogP contribution < -0.4 is 9.47 Å². The Morgan fingerprint density at radius 1 is 1.27 bits per heavy atom. The van der Waals surface area contributed by atoms with Crippen LogP contribution in [0, 0.1) is 6.92 Å². The molecule has 1 aliphatic carbocycles. The van der Waals surface area contributed by atoms with Crippen LogP contribution in [0.2, 0.25) is 0 Å². The summed E-state index contributed by atoms with van der Waals surface area (Å²) in [6.07, 6.45) is 6.40. The minimum atomic E-state index is 0.168. The molecular weight excluding hydrogens is 190 g/mol. The van der Waals surface area contributed by atoms with Crippen molar-refractivity contribution in [2.24, 2.45) is 0 Å². The van der Waals surface area contributed by atoms with Crippen LogP contribution >= 0.6 is 0 Å². The highest BCUT2D eigenvalue weighted by atomic mass is 16.5. The van der Waals surface area contributed by atoms with E-state index in [4.69, 9.17) is 9.47 Å². The van der Waals surface area contributed by atoms with Crippen molar-refractivity contribution in [3.63, 3.8) is 0 Å². The van der Waals surface area contributed by atoms with E-state index in [1.54, 1.807) is 12.4 Å². The lowest BCUT2D eigenvalue weighted by Crippen LogP contribution is -2.08. The fraction of sp³-hybridized carbons (Fsp3) is 0.583. The van der Waals surface area contributed by atoms with E-state index in [0.717, 1.165) is 29.9 Å². The van der Waals surface area contributed by atoms with Gasteiger partial charge in [0.1, 0.15) is 11.5 Å². The van der Waals surface area contributed by atoms with Crippen LogP contribution in [0.25, 0.3) is 0 Å². The van der Waals surface area contributed by atoms with Crippen LogP contribution in [0.15, 0.2) is 12.4 Å². The van der Waals surface area contributed by atoms with E-state index in [2.05, 4.69) is 4.98 Å². The molecule has 0 radical (unpaired) electrons. The lowest BCUT2D eigenvalue weighted by atomic mass is 10.2. The number of pyridine rings is 1. The predicted octanol–water partition coefficient (Wildman–Crippen LogP) is 2.72. The minimum absolute atomic E-state index is 0.168. The van der Waals surface area contributed by atoms with Crippen molar-refractivity contribution in [3.05, 3.63) is 18.0 Å². The van der Waals surface area contributed by atoms with Crippen molar-refractivity contribution >= 4 is 0 Å². The van der Waals surface area contributed by atoms with Gasteiger partial charge < -0.3 is 9.47 Å². The summed E-state index contributed by atoms with van der Waals surface area (Å²) in [5.41, 5.74) is 1.05. The molecule has 3 nitrogen and oxygen atoms in total. The quantitative estimate of drug-likeness (QED) is 0.760. The summed E-state index contributed by atoms with van der Waals surface area (Å²) < 4.78 is 11.4. The molecule has 1 aromatic heterocycles. The van der Waals surface area contributed by atoms with E-state index in [1.807, 2.05) is 20.8 Å². The molecule has 0 aliphatic heterocycles. The number of hydrogen-bond acceptors (Lipinski definition) is 3. The van der Waals surface area contributed by atoms with E-state index in [0.29, 0.717) is 6.10 Å². The number of aromatic nitrogens is 1. The third kappa shape index (κ3) is 2.61. The summed E-state index contributed by atoms with van der Waals surface area (Å²) in [6, 6.07) is 0. The zero-order valence-electron chi connectivity index (χ0n) is 9.49. The minimum Gasteiger partial charge on any atom is -0.489 e. The van der Waals surface area contributed by atoms with Crippen molar-refractivity contribution in [2.45, 2.75) is 45.8 Å². The Morgan fingerprint density at radius 3 is 2.53 bits per heavy atom. The highest BCUT2D eigenvalue weighted by Crippen LogP contribution is 2.32. The zero-order chi connectivity index (χ0) is 10.8. The maximum atomic E-state index is 5.74. The van der Waals surface area contributed by atoms with Gasteiger partial charge in [0, 0.05) is 5.56 Å². The summed E-state index contributed by atoms with van der Waals surface area (Å²) in [5.74, 6) is 1.68. The molecule has 0 aromatic carbocycles. The molecule has 3 heteroatoms. The molecule has 1 aromatic rings. The Kier molecular flexibility index (Phi) is 2.80. The Balaban J connectivity index is 2.15. The average Bonchev–Trinajstić information content (AvgIpc) is 2.95. The Bertz CT molecular complexity index is 323. The maximum absolute atomic E-state index is 5.74. The van der Waals surface area contributed by atoms with Gasteiger partial charge in [0.15, 0.2) is 0 Å². The first-order chi connectivity index (χ1) is 7.16. The van der Waals surface area contributed by atoms with Gasteiger partial charge in [0.25, 0.3) is 0 Å². The van der Waals surface area contributed by atoms with Crippen molar-refractivity contribution in [1.82, 2.24) is 4.98 Å². The number of ether oxygens (including phenoxy) is 2. The second kappa shape index (κ2) is 4.09. The Hall–Kier alpha value is -1.25. The fourth-order valence-electron chi connectivity index (χ4n) is 1.34. The molecule has 82 valence electrons. The lowest BCUT2D eigenvalue weighted by Gasteiger charge is -2.14. The number of hydrogen-bond donors (Lipinski definition) is 0. The highest BCUT2D eigenvalue weighted by molar-refractivity contribution is 5.40. The molecule has 1 aliphatic rings. The molecule has 0 spiro atoms. The van der Waals surface area contributed by atoms with Gasteiger partial charge in [0.05, 0.1) is 24.6 Å².